The van der Waals surface area contributed by atoms with Gasteiger partial charge in [-0.2, -0.15) is 18.3 Å². The molecule has 1 amide bonds. The minimum atomic E-state index is -4.45. The van der Waals surface area contributed by atoms with E-state index in [0.717, 1.165) is 12.1 Å². The van der Waals surface area contributed by atoms with Crippen LogP contribution in [0.25, 0.3) is 10.9 Å². The molecule has 3 aromatic rings. The molecule has 0 spiro atoms. The lowest BCUT2D eigenvalue weighted by atomic mass is 9.94. The zero-order valence-electron chi connectivity index (χ0n) is 17.9. The fourth-order valence-corrected chi connectivity index (χ4v) is 3.77. The summed E-state index contributed by atoms with van der Waals surface area (Å²) in [7, 11) is 0. The SMILES string of the molecule is CC(C)(C)OC(=O)N1CC(c2nn(Cc3cccc(C(F)(F)F)c3)c3cccc(F)c23)C1. The summed E-state index contributed by atoms with van der Waals surface area (Å²) in [6.45, 7) is 6.06. The summed E-state index contributed by atoms with van der Waals surface area (Å²) in [5.41, 5.74) is 0.0277. The van der Waals surface area contributed by atoms with Crippen LogP contribution in [-0.4, -0.2) is 39.5 Å². The Labute approximate surface area is 182 Å². The van der Waals surface area contributed by atoms with Crippen LogP contribution in [0.2, 0.25) is 0 Å². The summed E-state index contributed by atoms with van der Waals surface area (Å²) >= 11 is 0. The first-order valence-corrected chi connectivity index (χ1v) is 10.2. The van der Waals surface area contributed by atoms with Crippen LogP contribution in [0.4, 0.5) is 22.4 Å². The van der Waals surface area contributed by atoms with Gasteiger partial charge < -0.3 is 9.64 Å². The van der Waals surface area contributed by atoms with Crippen molar-refractivity contribution in [3.8, 4) is 0 Å². The van der Waals surface area contributed by atoms with Crippen molar-refractivity contribution < 1.29 is 27.1 Å². The molecule has 2 heterocycles. The molecule has 0 unspecified atom stereocenters. The average Bonchev–Trinajstić information content (AvgIpc) is 2.98. The normalized spacial score (nSPS) is 15.2. The summed E-state index contributed by atoms with van der Waals surface area (Å²) in [4.78, 5) is 13.7. The third-order valence-corrected chi connectivity index (χ3v) is 5.26. The largest absolute Gasteiger partial charge is 0.444 e. The molecule has 0 N–H and O–H groups in total. The maximum Gasteiger partial charge on any atom is 0.416 e. The second-order valence-electron chi connectivity index (χ2n) is 8.96. The number of hydrogen-bond acceptors (Lipinski definition) is 3. The Morgan fingerprint density at radius 1 is 1.12 bits per heavy atom. The molecule has 1 saturated heterocycles. The van der Waals surface area contributed by atoms with E-state index in [2.05, 4.69) is 5.10 Å². The van der Waals surface area contributed by atoms with Gasteiger partial charge in [-0.25, -0.2) is 9.18 Å². The molecule has 1 fully saturated rings. The van der Waals surface area contributed by atoms with E-state index in [9.17, 15) is 22.4 Å². The van der Waals surface area contributed by atoms with Gasteiger partial charge in [0, 0.05) is 19.0 Å². The predicted octanol–water partition coefficient (Wildman–Crippen LogP) is 5.58. The van der Waals surface area contributed by atoms with E-state index in [1.165, 1.54) is 21.7 Å². The second kappa shape index (κ2) is 7.79. The number of nitrogens with zero attached hydrogens (tertiary/aromatic N) is 3. The number of aromatic nitrogens is 2. The molecular formula is C23H23F4N3O2. The number of benzene rings is 2. The second-order valence-corrected chi connectivity index (χ2v) is 8.96. The number of amides is 1. The minimum absolute atomic E-state index is 0.0619. The van der Waals surface area contributed by atoms with Crippen molar-refractivity contribution in [2.45, 2.75) is 45.0 Å². The van der Waals surface area contributed by atoms with E-state index in [4.69, 9.17) is 4.74 Å². The maximum absolute atomic E-state index is 14.7. The van der Waals surface area contributed by atoms with Crippen LogP contribution >= 0.6 is 0 Å². The number of alkyl halides is 3. The number of carbonyl (C=O) groups excluding carboxylic acids is 1. The highest BCUT2D eigenvalue weighted by Crippen LogP contribution is 2.35. The first-order chi connectivity index (χ1) is 14.9. The zero-order valence-corrected chi connectivity index (χ0v) is 17.9. The zero-order chi connectivity index (χ0) is 23.3. The third-order valence-electron chi connectivity index (χ3n) is 5.26. The van der Waals surface area contributed by atoms with E-state index in [1.54, 1.807) is 39.0 Å². The summed E-state index contributed by atoms with van der Waals surface area (Å²) in [6, 6.07) is 9.56. The molecule has 9 heteroatoms. The molecule has 32 heavy (non-hydrogen) atoms. The Kier molecular flexibility index (Phi) is 5.38. The number of rotatable bonds is 3. The van der Waals surface area contributed by atoms with Gasteiger partial charge in [-0.05, 0) is 50.6 Å². The van der Waals surface area contributed by atoms with E-state index in [-0.39, 0.29) is 12.5 Å². The van der Waals surface area contributed by atoms with Gasteiger partial charge in [0.15, 0.2) is 0 Å². The van der Waals surface area contributed by atoms with E-state index >= 15 is 0 Å². The van der Waals surface area contributed by atoms with Gasteiger partial charge in [-0.3, -0.25) is 4.68 Å². The monoisotopic (exact) mass is 449 g/mol. The summed E-state index contributed by atoms with van der Waals surface area (Å²) in [5, 5.41) is 4.87. The fraction of sp³-hybridized carbons (Fsp3) is 0.391. The quantitative estimate of drug-likeness (QED) is 0.491. The van der Waals surface area contributed by atoms with E-state index in [0.29, 0.717) is 35.2 Å². The average molecular weight is 449 g/mol. The minimum Gasteiger partial charge on any atom is -0.444 e. The topological polar surface area (TPSA) is 47.4 Å². The van der Waals surface area contributed by atoms with Crippen molar-refractivity contribution in [2.75, 3.05) is 13.1 Å². The standard InChI is InChI=1S/C23H23F4N3O2/c1-22(2,3)32-21(31)29-12-15(13-29)20-19-17(24)8-5-9-18(19)30(28-20)11-14-6-4-7-16(10-14)23(25,26)27/h4-10,15H,11-13H2,1-3H3. The highest BCUT2D eigenvalue weighted by molar-refractivity contribution is 5.84. The van der Waals surface area contributed by atoms with Crippen molar-refractivity contribution >= 4 is 17.0 Å². The Hall–Kier alpha value is -3.10. The lowest BCUT2D eigenvalue weighted by Crippen LogP contribution is -2.50. The molecule has 170 valence electrons. The Bertz CT molecular complexity index is 1160. The lowest BCUT2D eigenvalue weighted by molar-refractivity contribution is -0.137. The number of likely N-dealkylation sites (tertiary alicyclic amines) is 1. The molecule has 2 aromatic carbocycles. The van der Waals surface area contributed by atoms with Crippen molar-refractivity contribution in [3.63, 3.8) is 0 Å². The molecule has 1 aromatic heterocycles. The lowest BCUT2D eigenvalue weighted by Gasteiger charge is -2.39. The van der Waals surface area contributed by atoms with Gasteiger partial charge in [-0.1, -0.05) is 18.2 Å². The highest BCUT2D eigenvalue weighted by atomic mass is 19.4. The number of hydrogen-bond donors (Lipinski definition) is 0. The molecule has 0 atom stereocenters. The van der Waals surface area contributed by atoms with E-state index < -0.39 is 29.3 Å². The third kappa shape index (κ3) is 4.42. The van der Waals surface area contributed by atoms with Crippen LogP contribution in [-0.2, 0) is 17.5 Å². The number of fused-ring (bicyclic) bond motifs is 1. The van der Waals surface area contributed by atoms with Gasteiger partial charge in [0.2, 0.25) is 0 Å². The molecule has 4 rings (SSSR count). The Balaban J connectivity index is 1.61. The van der Waals surface area contributed by atoms with Gasteiger partial charge in [0.05, 0.1) is 28.7 Å². The van der Waals surface area contributed by atoms with Gasteiger partial charge in [-0.15, -0.1) is 0 Å². The van der Waals surface area contributed by atoms with Crippen LogP contribution in [0.5, 0.6) is 0 Å². The molecule has 0 bridgehead atoms. The summed E-state index contributed by atoms with van der Waals surface area (Å²) in [5.74, 6) is -0.645. The van der Waals surface area contributed by atoms with Crippen LogP contribution in [0.3, 0.4) is 0 Å². The number of halogens is 4. The first kappa shape index (κ1) is 22.1. The van der Waals surface area contributed by atoms with Gasteiger partial charge in [0.1, 0.15) is 11.4 Å². The van der Waals surface area contributed by atoms with Gasteiger partial charge in [0.25, 0.3) is 0 Å². The summed E-state index contributed by atoms with van der Waals surface area (Å²) < 4.78 is 60.8. The molecule has 0 radical (unpaired) electrons. The smallest absolute Gasteiger partial charge is 0.416 e. The molecule has 1 aliphatic rings. The van der Waals surface area contributed by atoms with Crippen LogP contribution in [0.1, 0.15) is 43.5 Å². The van der Waals surface area contributed by atoms with Gasteiger partial charge >= 0.3 is 12.3 Å². The predicted molar refractivity (Wildman–Crippen MR) is 111 cm³/mol. The number of ether oxygens (including phenoxy) is 1. The Morgan fingerprint density at radius 2 is 1.81 bits per heavy atom. The van der Waals surface area contributed by atoms with Crippen molar-refractivity contribution in [1.29, 1.82) is 0 Å². The van der Waals surface area contributed by atoms with Crippen molar-refractivity contribution in [3.05, 3.63) is 65.1 Å². The molecule has 0 aliphatic carbocycles. The van der Waals surface area contributed by atoms with Crippen LogP contribution < -0.4 is 0 Å². The van der Waals surface area contributed by atoms with Crippen LogP contribution in [0.15, 0.2) is 42.5 Å². The first-order valence-electron chi connectivity index (χ1n) is 10.2. The number of carbonyl (C=O) groups is 1. The fourth-order valence-electron chi connectivity index (χ4n) is 3.77. The molecule has 1 aliphatic heterocycles. The van der Waals surface area contributed by atoms with Crippen molar-refractivity contribution in [2.24, 2.45) is 0 Å². The molecule has 5 nitrogen and oxygen atoms in total. The van der Waals surface area contributed by atoms with Crippen molar-refractivity contribution in [1.82, 2.24) is 14.7 Å². The highest BCUT2D eigenvalue weighted by Gasteiger charge is 2.37. The summed E-state index contributed by atoms with van der Waals surface area (Å²) in [6.07, 6.45) is -4.89. The maximum atomic E-state index is 14.7. The van der Waals surface area contributed by atoms with Crippen LogP contribution in [0, 0.1) is 5.82 Å². The molecular weight excluding hydrogens is 426 g/mol. The molecule has 0 saturated carbocycles. The van der Waals surface area contributed by atoms with E-state index in [1.807, 2.05) is 0 Å². The Morgan fingerprint density at radius 3 is 2.47 bits per heavy atom.